The van der Waals surface area contributed by atoms with Gasteiger partial charge < -0.3 is 5.32 Å². The predicted molar refractivity (Wildman–Crippen MR) is 98.3 cm³/mol. The lowest BCUT2D eigenvalue weighted by Gasteiger charge is -2.10. The van der Waals surface area contributed by atoms with Crippen molar-refractivity contribution in [1.29, 1.82) is 0 Å². The van der Waals surface area contributed by atoms with E-state index in [-0.39, 0.29) is 23.0 Å². The van der Waals surface area contributed by atoms with Crippen LogP contribution >= 0.6 is 22.9 Å². The first-order chi connectivity index (χ1) is 13.3. The molecule has 0 atom stereocenters. The summed E-state index contributed by atoms with van der Waals surface area (Å²) in [5.41, 5.74) is -1.13. The van der Waals surface area contributed by atoms with Crippen LogP contribution in [0, 0.1) is 0 Å². The molecule has 0 bridgehead atoms. The zero-order valence-electron chi connectivity index (χ0n) is 13.9. The van der Waals surface area contributed by atoms with E-state index in [0.717, 1.165) is 15.3 Å². The van der Waals surface area contributed by atoms with Crippen molar-refractivity contribution in [3.63, 3.8) is 0 Å². The number of hydrogen-bond donors (Lipinski definition) is 2. The molecule has 0 aliphatic heterocycles. The summed E-state index contributed by atoms with van der Waals surface area (Å²) in [6.45, 7) is 0.228. The minimum Gasteiger partial charge on any atom is -0.346 e. The number of thiophene rings is 1. The van der Waals surface area contributed by atoms with Crippen molar-refractivity contribution >= 4 is 34.5 Å². The Morgan fingerprint density at radius 2 is 2.18 bits per heavy atom. The number of hydrogen-bond acceptors (Lipinski definition) is 4. The fraction of sp³-hybridized carbons (Fsp3) is 0.118. The maximum atomic E-state index is 13.6. The second-order valence-corrected chi connectivity index (χ2v) is 7.21. The molecule has 0 aromatic carbocycles. The molecular formula is C17H11ClF3N5OS. The average molecular weight is 426 g/mol. The van der Waals surface area contributed by atoms with Crippen LogP contribution in [0.3, 0.4) is 0 Å². The number of nitrogens with zero attached hydrogens (tertiary/aromatic N) is 3. The molecule has 28 heavy (non-hydrogen) atoms. The summed E-state index contributed by atoms with van der Waals surface area (Å²) in [5, 5.41) is 10.6. The largest absolute Gasteiger partial charge is 0.420 e. The van der Waals surface area contributed by atoms with E-state index in [1.807, 2.05) is 17.5 Å². The fourth-order valence-electron chi connectivity index (χ4n) is 2.70. The number of amides is 1. The first-order valence-electron chi connectivity index (χ1n) is 7.93. The van der Waals surface area contributed by atoms with Crippen molar-refractivity contribution in [2.75, 3.05) is 0 Å². The number of carbonyl (C=O) groups is 1. The maximum Gasteiger partial charge on any atom is 0.420 e. The van der Waals surface area contributed by atoms with Gasteiger partial charge in [-0.25, -0.2) is 4.98 Å². The number of aromatic nitrogens is 4. The molecule has 0 unspecified atom stereocenters. The standard InChI is InChI=1S/C17H11ClF3N5OS/c18-14-13(16(27)22-7-10-2-1-5-28-10)24-15-11(17(19,20)21)6-9(8-26(14)15)12-3-4-23-25-12/h1-6,8H,7H2,(H,22,27)(H,23,25). The molecule has 0 radical (unpaired) electrons. The Kier molecular flexibility index (Phi) is 4.60. The first kappa shape index (κ1) is 18.5. The quantitative estimate of drug-likeness (QED) is 0.509. The Labute approximate surface area is 165 Å². The molecule has 4 heterocycles. The van der Waals surface area contributed by atoms with Crippen LogP contribution in [0.5, 0.6) is 0 Å². The highest BCUT2D eigenvalue weighted by atomic mass is 35.5. The lowest BCUT2D eigenvalue weighted by atomic mass is 10.1. The summed E-state index contributed by atoms with van der Waals surface area (Å²) in [7, 11) is 0. The van der Waals surface area contributed by atoms with Crippen molar-refractivity contribution in [2.24, 2.45) is 0 Å². The highest BCUT2D eigenvalue weighted by Crippen LogP contribution is 2.36. The molecule has 2 N–H and O–H groups in total. The van der Waals surface area contributed by atoms with Crippen LogP contribution in [0.1, 0.15) is 20.9 Å². The number of halogens is 4. The number of pyridine rings is 1. The van der Waals surface area contributed by atoms with E-state index in [2.05, 4.69) is 20.5 Å². The zero-order chi connectivity index (χ0) is 19.9. The third-order valence-corrected chi connectivity index (χ3v) is 5.23. The summed E-state index contributed by atoms with van der Waals surface area (Å²) in [6.07, 6.45) is -1.88. The number of alkyl halides is 3. The van der Waals surface area contributed by atoms with E-state index in [1.54, 1.807) is 0 Å². The van der Waals surface area contributed by atoms with Gasteiger partial charge in [0.1, 0.15) is 5.15 Å². The summed E-state index contributed by atoms with van der Waals surface area (Å²) < 4.78 is 41.8. The molecule has 0 fully saturated rings. The smallest absolute Gasteiger partial charge is 0.346 e. The molecule has 144 valence electrons. The van der Waals surface area contributed by atoms with Crippen molar-refractivity contribution in [1.82, 2.24) is 24.9 Å². The minimum atomic E-state index is -4.68. The number of aromatic amines is 1. The molecule has 4 rings (SSSR count). The van der Waals surface area contributed by atoms with E-state index >= 15 is 0 Å². The second kappa shape index (κ2) is 6.95. The van der Waals surface area contributed by atoms with Gasteiger partial charge in [-0.3, -0.25) is 14.3 Å². The van der Waals surface area contributed by atoms with Crippen molar-refractivity contribution in [2.45, 2.75) is 12.7 Å². The summed E-state index contributed by atoms with van der Waals surface area (Å²) in [5.74, 6) is -0.654. The number of nitrogens with one attached hydrogen (secondary N) is 2. The molecule has 0 aliphatic rings. The van der Waals surface area contributed by atoms with E-state index in [1.165, 1.54) is 29.8 Å². The molecule has 0 spiro atoms. The molecule has 4 aromatic heterocycles. The third-order valence-electron chi connectivity index (χ3n) is 4.00. The average Bonchev–Trinajstić information content (AvgIpc) is 3.40. The lowest BCUT2D eigenvalue weighted by Crippen LogP contribution is -2.23. The summed E-state index contributed by atoms with van der Waals surface area (Å²) in [6, 6.07) is 6.13. The van der Waals surface area contributed by atoms with E-state index in [0.29, 0.717) is 5.69 Å². The van der Waals surface area contributed by atoms with Crippen molar-refractivity contribution in [3.05, 3.63) is 63.3 Å². The van der Waals surface area contributed by atoms with Crippen LogP contribution in [0.4, 0.5) is 13.2 Å². The van der Waals surface area contributed by atoms with Gasteiger partial charge in [-0.15, -0.1) is 11.3 Å². The predicted octanol–water partition coefficient (Wildman–Crippen LogP) is 4.39. The number of carbonyl (C=O) groups excluding carboxylic acids is 1. The summed E-state index contributed by atoms with van der Waals surface area (Å²) in [4.78, 5) is 17.2. The highest BCUT2D eigenvalue weighted by molar-refractivity contribution is 7.09. The van der Waals surface area contributed by atoms with Crippen LogP contribution in [-0.2, 0) is 12.7 Å². The Bertz CT molecular complexity index is 1140. The monoisotopic (exact) mass is 425 g/mol. The van der Waals surface area contributed by atoms with Gasteiger partial charge >= 0.3 is 6.18 Å². The van der Waals surface area contributed by atoms with E-state index < -0.39 is 23.3 Å². The lowest BCUT2D eigenvalue weighted by molar-refractivity contribution is -0.136. The van der Waals surface area contributed by atoms with Crippen molar-refractivity contribution < 1.29 is 18.0 Å². The number of H-pyrrole nitrogens is 1. The minimum absolute atomic E-state index is 0.203. The van der Waals surface area contributed by atoms with Gasteiger partial charge in [-0.2, -0.15) is 18.3 Å². The van der Waals surface area contributed by atoms with E-state index in [9.17, 15) is 18.0 Å². The molecule has 4 aromatic rings. The fourth-order valence-corrected chi connectivity index (χ4v) is 3.60. The van der Waals surface area contributed by atoms with Crippen molar-refractivity contribution in [3.8, 4) is 11.3 Å². The van der Waals surface area contributed by atoms with Gasteiger partial charge in [0.25, 0.3) is 5.91 Å². The molecule has 6 nitrogen and oxygen atoms in total. The van der Waals surface area contributed by atoms with Gasteiger partial charge in [0.05, 0.1) is 17.8 Å². The van der Waals surface area contributed by atoms with Gasteiger partial charge in [0.2, 0.25) is 0 Å². The first-order valence-corrected chi connectivity index (χ1v) is 9.19. The Morgan fingerprint density at radius 1 is 1.36 bits per heavy atom. The summed E-state index contributed by atoms with van der Waals surface area (Å²) >= 11 is 7.66. The van der Waals surface area contributed by atoms with Crippen LogP contribution in [0.25, 0.3) is 16.9 Å². The van der Waals surface area contributed by atoms with Gasteiger partial charge in [-0.1, -0.05) is 17.7 Å². The Morgan fingerprint density at radius 3 is 2.82 bits per heavy atom. The van der Waals surface area contributed by atoms with Gasteiger partial charge in [-0.05, 0) is 23.6 Å². The van der Waals surface area contributed by atoms with E-state index in [4.69, 9.17) is 11.6 Å². The van der Waals surface area contributed by atoms with Crippen LogP contribution in [0.15, 0.2) is 42.0 Å². The normalized spacial score (nSPS) is 11.9. The number of imidazole rings is 1. The molecular weight excluding hydrogens is 415 g/mol. The van der Waals surface area contributed by atoms with Crippen LogP contribution in [-0.4, -0.2) is 25.5 Å². The zero-order valence-corrected chi connectivity index (χ0v) is 15.5. The molecule has 11 heteroatoms. The molecule has 0 aliphatic carbocycles. The molecule has 1 amide bonds. The Balaban J connectivity index is 1.79. The molecule has 0 saturated carbocycles. The topological polar surface area (TPSA) is 75.1 Å². The third kappa shape index (κ3) is 3.36. The number of rotatable bonds is 4. The Hall–Kier alpha value is -2.85. The van der Waals surface area contributed by atoms with Gasteiger partial charge in [0.15, 0.2) is 11.3 Å². The number of fused-ring (bicyclic) bond motifs is 1. The SMILES string of the molecule is O=C(NCc1cccs1)c1nc2c(C(F)(F)F)cc(-c3ccn[nH]3)cn2c1Cl. The van der Waals surface area contributed by atoms with Crippen LogP contribution in [0.2, 0.25) is 5.15 Å². The van der Waals surface area contributed by atoms with Crippen LogP contribution < -0.4 is 5.32 Å². The maximum absolute atomic E-state index is 13.6. The second-order valence-electron chi connectivity index (χ2n) is 5.82. The highest BCUT2D eigenvalue weighted by Gasteiger charge is 2.36. The molecule has 0 saturated heterocycles. The van der Waals surface area contributed by atoms with Gasteiger partial charge in [0, 0.05) is 22.8 Å².